The SMILES string of the molecule is O=C(NCc1noc2c1CCCC2)NC1CCCN(c2ccccc2F)C1=O. The number of aryl methyl sites for hydroxylation is 1. The molecule has 2 N–H and O–H groups in total. The predicted molar refractivity (Wildman–Crippen MR) is 100 cm³/mol. The van der Waals surface area contributed by atoms with Crippen molar-refractivity contribution in [3.05, 3.63) is 47.1 Å². The van der Waals surface area contributed by atoms with E-state index in [0.29, 0.717) is 19.4 Å². The molecule has 0 saturated carbocycles. The molecule has 2 aromatic rings. The van der Waals surface area contributed by atoms with Crippen LogP contribution in [0, 0.1) is 5.82 Å². The molecular formula is C20H23FN4O3. The van der Waals surface area contributed by atoms with E-state index >= 15 is 0 Å². The fourth-order valence-electron chi connectivity index (χ4n) is 3.88. The molecule has 2 heterocycles. The number of rotatable bonds is 4. The minimum Gasteiger partial charge on any atom is -0.361 e. The lowest BCUT2D eigenvalue weighted by molar-refractivity contribution is -0.121. The van der Waals surface area contributed by atoms with Gasteiger partial charge in [-0.15, -0.1) is 0 Å². The summed E-state index contributed by atoms with van der Waals surface area (Å²) >= 11 is 0. The number of carbonyl (C=O) groups excluding carboxylic acids is 2. The van der Waals surface area contributed by atoms with Crippen LogP contribution >= 0.6 is 0 Å². The number of amides is 3. The van der Waals surface area contributed by atoms with E-state index in [9.17, 15) is 14.0 Å². The first-order chi connectivity index (χ1) is 13.6. The van der Waals surface area contributed by atoms with Crippen LogP contribution in [-0.4, -0.2) is 29.7 Å². The van der Waals surface area contributed by atoms with Gasteiger partial charge in [0, 0.05) is 18.5 Å². The Labute approximate surface area is 162 Å². The molecule has 2 aliphatic rings. The Morgan fingerprint density at radius 2 is 2.07 bits per heavy atom. The Morgan fingerprint density at radius 1 is 1.25 bits per heavy atom. The van der Waals surface area contributed by atoms with E-state index in [1.165, 1.54) is 11.0 Å². The highest BCUT2D eigenvalue weighted by molar-refractivity contribution is 5.99. The van der Waals surface area contributed by atoms with Crippen LogP contribution in [-0.2, 0) is 24.2 Å². The topological polar surface area (TPSA) is 87.5 Å². The van der Waals surface area contributed by atoms with Gasteiger partial charge < -0.3 is 20.1 Å². The smallest absolute Gasteiger partial charge is 0.315 e. The number of fused-ring (bicyclic) bond motifs is 1. The van der Waals surface area contributed by atoms with Crippen molar-refractivity contribution >= 4 is 17.6 Å². The van der Waals surface area contributed by atoms with E-state index in [0.717, 1.165) is 42.7 Å². The highest BCUT2D eigenvalue weighted by atomic mass is 19.1. The largest absolute Gasteiger partial charge is 0.361 e. The van der Waals surface area contributed by atoms with Gasteiger partial charge in [-0.3, -0.25) is 4.79 Å². The molecule has 4 rings (SSSR count). The highest BCUT2D eigenvalue weighted by Crippen LogP contribution is 2.25. The molecule has 1 unspecified atom stereocenters. The summed E-state index contributed by atoms with van der Waals surface area (Å²) in [4.78, 5) is 26.4. The zero-order valence-electron chi connectivity index (χ0n) is 15.5. The fraction of sp³-hybridized carbons (Fsp3) is 0.450. The Morgan fingerprint density at radius 3 is 2.93 bits per heavy atom. The van der Waals surface area contributed by atoms with Crippen LogP contribution in [0.25, 0.3) is 0 Å². The van der Waals surface area contributed by atoms with Crippen molar-refractivity contribution in [1.82, 2.24) is 15.8 Å². The molecule has 1 atom stereocenters. The first-order valence-corrected chi connectivity index (χ1v) is 9.70. The van der Waals surface area contributed by atoms with Crippen LogP contribution < -0.4 is 15.5 Å². The quantitative estimate of drug-likeness (QED) is 0.846. The van der Waals surface area contributed by atoms with Gasteiger partial charge in [0.2, 0.25) is 5.91 Å². The molecule has 1 saturated heterocycles. The highest BCUT2D eigenvalue weighted by Gasteiger charge is 2.32. The first-order valence-electron chi connectivity index (χ1n) is 9.70. The number of hydrogen-bond acceptors (Lipinski definition) is 4. The molecule has 0 spiro atoms. The maximum absolute atomic E-state index is 14.0. The summed E-state index contributed by atoms with van der Waals surface area (Å²) in [6.45, 7) is 0.688. The molecule has 0 radical (unpaired) electrons. The lowest BCUT2D eigenvalue weighted by Crippen LogP contribution is -2.54. The summed E-state index contributed by atoms with van der Waals surface area (Å²) in [6.07, 6.45) is 5.19. The van der Waals surface area contributed by atoms with Gasteiger partial charge in [-0.05, 0) is 44.2 Å². The first kappa shape index (κ1) is 18.5. The molecule has 0 bridgehead atoms. The van der Waals surface area contributed by atoms with E-state index in [4.69, 9.17) is 4.52 Å². The number of hydrogen-bond donors (Lipinski definition) is 2. The number of para-hydroxylation sites is 1. The van der Waals surface area contributed by atoms with Gasteiger partial charge in [-0.2, -0.15) is 0 Å². The zero-order valence-corrected chi connectivity index (χ0v) is 15.5. The lowest BCUT2D eigenvalue weighted by Gasteiger charge is -2.32. The van der Waals surface area contributed by atoms with Crippen molar-refractivity contribution in [1.29, 1.82) is 0 Å². The number of piperidine rings is 1. The minimum absolute atomic E-state index is 0.244. The maximum Gasteiger partial charge on any atom is 0.315 e. The number of nitrogens with zero attached hydrogens (tertiary/aromatic N) is 2. The van der Waals surface area contributed by atoms with E-state index in [-0.39, 0.29) is 18.1 Å². The lowest BCUT2D eigenvalue weighted by atomic mass is 9.96. The standard InChI is InChI=1S/C20H23FN4O3/c21-14-7-2-3-9-17(14)25-11-5-8-15(19(25)26)23-20(27)22-12-16-13-6-1-4-10-18(13)28-24-16/h2-3,7,9,15H,1,4-6,8,10-12H2,(H2,22,23,27). The van der Waals surface area contributed by atoms with E-state index in [1.54, 1.807) is 18.2 Å². The van der Waals surface area contributed by atoms with Crippen LogP contribution in [0.3, 0.4) is 0 Å². The summed E-state index contributed by atoms with van der Waals surface area (Å²) in [5.74, 6) is 0.161. The average molecular weight is 386 g/mol. The Kier molecular flexibility index (Phi) is 5.27. The van der Waals surface area contributed by atoms with E-state index in [1.807, 2.05) is 0 Å². The van der Waals surface area contributed by atoms with Crippen LogP contribution in [0.4, 0.5) is 14.9 Å². The molecule has 1 aliphatic heterocycles. The van der Waals surface area contributed by atoms with E-state index < -0.39 is 17.9 Å². The van der Waals surface area contributed by atoms with Crippen LogP contribution in [0.5, 0.6) is 0 Å². The van der Waals surface area contributed by atoms with Gasteiger partial charge in [0.15, 0.2) is 0 Å². The predicted octanol–water partition coefficient (Wildman–Crippen LogP) is 2.69. The van der Waals surface area contributed by atoms with Crippen molar-refractivity contribution in [2.45, 2.75) is 51.1 Å². The number of anilines is 1. The van der Waals surface area contributed by atoms with Crippen molar-refractivity contribution < 1.29 is 18.5 Å². The second-order valence-corrected chi connectivity index (χ2v) is 7.20. The molecule has 8 heteroatoms. The number of nitrogens with one attached hydrogen (secondary N) is 2. The van der Waals surface area contributed by atoms with Crippen LogP contribution in [0.15, 0.2) is 28.8 Å². The number of benzene rings is 1. The van der Waals surface area contributed by atoms with Crippen LogP contribution in [0.1, 0.15) is 42.7 Å². The molecule has 148 valence electrons. The summed E-state index contributed by atoms with van der Waals surface area (Å²) in [5.41, 5.74) is 2.08. The Bertz CT molecular complexity index is 882. The molecule has 7 nitrogen and oxygen atoms in total. The Balaban J connectivity index is 1.36. The van der Waals surface area contributed by atoms with Gasteiger partial charge in [0.1, 0.15) is 23.3 Å². The average Bonchev–Trinajstić information content (AvgIpc) is 3.12. The van der Waals surface area contributed by atoms with Gasteiger partial charge in [0.05, 0.1) is 12.2 Å². The Hall–Kier alpha value is -2.90. The summed E-state index contributed by atoms with van der Waals surface area (Å²) < 4.78 is 19.4. The molecule has 3 amide bonds. The molecular weight excluding hydrogens is 363 g/mol. The van der Waals surface area contributed by atoms with Crippen molar-refractivity contribution in [2.75, 3.05) is 11.4 Å². The third kappa shape index (κ3) is 3.72. The third-order valence-electron chi connectivity index (χ3n) is 5.34. The molecule has 1 fully saturated rings. The maximum atomic E-state index is 14.0. The molecule has 1 aliphatic carbocycles. The third-order valence-corrected chi connectivity index (χ3v) is 5.34. The van der Waals surface area contributed by atoms with Crippen LogP contribution in [0.2, 0.25) is 0 Å². The number of carbonyl (C=O) groups is 2. The fourth-order valence-corrected chi connectivity index (χ4v) is 3.88. The normalized spacial score (nSPS) is 19.2. The summed E-state index contributed by atoms with van der Waals surface area (Å²) in [5, 5.41) is 9.52. The van der Waals surface area contributed by atoms with Crippen molar-refractivity contribution in [2.24, 2.45) is 0 Å². The van der Waals surface area contributed by atoms with Crippen molar-refractivity contribution in [3.63, 3.8) is 0 Å². The van der Waals surface area contributed by atoms with Gasteiger partial charge in [-0.1, -0.05) is 17.3 Å². The number of urea groups is 1. The molecule has 28 heavy (non-hydrogen) atoms. The van der Waals surface area contributed by atoms with Gasteiger partial charge in [-0.25, -0.2) is 9.18 Å². The van der Waals surface area contributed by atoms with Gasteiger partial charge in [0.25, 0.3) is 0 Å². The number of halogens is 1. The molecule has 1 aromatic heterocycles. The summed E-state index contributed by atoms with van der Waals surface area (Å²) in [6, 6.07) is 5.04. The second kappa shape index (κ2) is 8.00. The van der Waals surface area contributed by atoms with Crippen molar-refractivity contribution in [3.8, 4) is 0 Å². The summed E-state index contributed by atoms with van der Waals surface area (Å²) in [7, 11) is 0. The second-order valence-electron chi connectivity index (χ2n) is 7.20. The monoisotopic (exact) mass is 386 g/mol. The number of aromatic nitrogens is 1. The van der Waals surface area contributed by atoms with E-state index in [2.05, 4.69) is 15.8 Å². The zero-order chi connectivity index (χ0) is 19.5. The molecule has 1 aromatic carbocycles. The van der Waals surface area contributed by atoms with Gasteiger partial charge >= 0.3 is 6.03 Å². The minimum atomic E-state index is -0.681.